The SMILES string of the molecule is CC(C)CSCC(N)C1=CCCO1. The smallest absolute Gasteiger partial charge is 0.110 e. The standard InChI is InChI=1S/C10H19NOS/c1-8(2)6-13-7-9(11)10-4-3-5-12-10/h4,8-9H,3,5-7,11H2,1-2H3. The van der Waals surface area contributed by atoms with Crippen LogP contribution >= 0.6 is 11.8 Å². The molecule has 0 saturated carbocycles. The lowest BCUT2D eigenvalue weighted by Crippen LogP contribution is -2.26. The third-order valence-electron chi connectivity index (χ3n) is 1.85. The summed E-state index contributed by atoms with van der Waals surface area (Å²) in [5.74, 6) is 3.90. The molecule has 1 atom stereocenters. The predicted octanol–water partition coefficient (Wildman–Crippen LogP) is 2.01. The molecule has 2 nitrogen and oxygen atoms in total. The zero-order valence-corrected chi connectivity index (χ0v) is 9.27. The summed E-state index contributed by atoms with van der Waals surface area (Å²) < 4.78 is 5.40. The maximum atomic E-state index is 5.95. The average molecular weight is 201 g/mol. The van der Waals surface area contributed by atoms with Gasteiger partial charge in [0.05, 0.1) is 12.6 Å². The lowest BCUT2D eigenvalue weighted by molar-refractivity contribution is 0.228. The van der Waals surface area contributed by atoms with Crippen LogP contribution in [0.15, 0.2) is 11.8 Å². The number of thioether (sulfide) groups is 1. The topological polar surface area (TPSA) is 35.2 Å². The van der Waals surface area contributed by atoms with E-state index in [4.69, 9.17) is 10.5 Å². The van der Waals surface area contributed by atoms with Gasteiger partial charge in [0.25, 0.3) is 0 Å². The molecule has 0 fully saturated rings. The monoisotopic (exact) mass is 201 g/mol. The summed E-state index contributed by atoms with van der Waals surface area (Å²) >= 11 is 1.91. The fourth-order valence-corrected chi connectivity index (χ4v) is 2.23. The molecule has 0 aliphatic carbocycles. The Morgan fingerprint density at radius 1 is 1.54 bits per heavy atom. The third-order valence-corrected chi connectivity index (χ3v) is 3.34. The van der Waals surface area contributed by atoms with Gasteiger partial charge in [-0.05, 0) is 17.7 Å². The molecule has 1 aliphatic rings. The van der Waals surface area contributed by atoms with Gasteiger partial charge in [0.2, 0.25) is 0 Å². The van der Waals surface area contributed by atoms with Crippen LogP contribution in [0.5, 0.6) is 0 Å². The zero-order chi connectivity index (χ0) is 9.68. The molecule has 0 amide bonds. The van der Waals surface area contributed by atoms with E-state index in [2.05, 4.69) is 19.9 Å². The van der Waals surface area contributed by atoms with Crippen molar-refractivity contribution in [3.63, 3.8) is 0 Å². The van der Waals surface area contributed by atoms with Crippen molar-refractivity contribution in [1.82, 2.24) is 0 Å². The van der Waals surface area contributed by atoms with E-state index >= 15 is 0 Å². The van der Waals surface area contributed by atoms with E-state index in [1.54, 1.807) is 0 Å². The minimum Gasteiger partial charge on any atom is -0.496 e. The Hall–Kier alpha value is -0.150. The highest BCUT2D eigenvalue weighted by Gasteiger charge is 2.14. The molecule has 76 valence electrons. The summed E-state index contributed by atoms with van der Waals surface area (Å²) in [7, 11) is 0. The molecular weight excluding hydrogens is 182 g/mol. The second-order valence-corrected chi connectivity index (χ2v) is 4.86. The largest absolute Gasteiger partial charge is 0.496 e. The van der Waals surface area contributed by atoms with Crippen molar-refractivity contribution in [2.45, 2.75) is 26.3 Å². The van der Waals surface area contributed by atoms with Crippen LogP contribution in [0.2, 0.25) is 0 Å². The average Bonchev–Trinajstić information content (AvgIpc) is 2.55. The van der Waals surface area contributed by atoms with Gasteiger partial charge in [-0.2, -0.15) is 11.8 Å². The van der Waals surface area contributed by atoms with E-state index < -0.39 is 0 Å². The van der Waals surface area contributed by atoms with Crippen molar-refractivity contribution in [3.8, 4) is 0 Å². The highest BCUT2D eigenvalue weighted by Crippen LogP contribution is 2.16. The summed E-state index contributed by atoms with van der Waals surface area (Å²) in [6.07, 6.45) is 3.14. The Morgan fingerprint density at radius 2 is 2.31 bits per heavy atom. The van der Waals surface area contributed by atoms with Gasteiger partial charge >= 0.3 is 0 Å². The van der Waals surface area contributed by atoms with Crippen LogP contribution in [0.1, 0.15) is 20.3 Å². The molecule has 0 aromatic carbocycles. The van der Waals surface area contributed by atoms with Gasteiger partial charge in [0.15, 0.2) is 0 Å². The number of hydrogen-bond donors (Lipinski definition) is 1. The van der Waals surface area contributed by atoms with Crippen molar-refractivity contribution in [1.29, 1.82) is 0 Å². The maximum absolute atomic E-state index is 5.95. The Balaban J connectivity index is 2.13. The van der Waals surface area contributed by atoms with Gasteiger partial charge in [0, 0.05) is 12.2 Å². The maximum Gasteiger partial charge on any atom is 0.110 e. The fraction of sp³-hybridized carbons (Fsp3) is 0.800. The third kappa shape index (κ3) is 4.05. The van der Waals surface area contributed by atoms with Crippen LogP contribution < -0.4 is 5.73 Å². The van der Waals surface area contributed by atoms with Crippen molar-refractivity contribution in [3.05, 3.63) is 11.8 Å². The molecular formula is C10H19NOS. The molecule has 13 heavy (non-hydrogen) atoms. The number of nitrogens with two attached hydrogens (primary N) is 1. The van der Waals surface area contributed by atoms with Crippen LogP contribution in [0.3, 0.4) is 0 Å². The van der Waals surface area contributed by atoms with Gasteiger partial charge in [0.1, 0.15) is 5.76 Å². The minimum absolute atomic E-state index is 0.103. The highest BCUT2D eigenvalue weighted by molar-refractivity contribution is 7.99. The normalized spacial score (nSPS) is 18.6. The highest BCUT2D eigenvalue weighted by atomic mass is 32.2. The first-order chi connectivity index (χ1) is 6.20. The first-order valence-corrected chi connectivity index (χ1v) is 6.01. The Bertz CT molecular complexity index is 180. The van der Waals surface area contributed by atoms with E-state index in [-0.39, 0.29) is 6.04 Å². The van der Waals surface area contributed by atoms with Gasteiger partial charge < -0.3 is 10.5 Å². The van der Waals surface area contributed by atoms with E-state index in [0.29, 0.717) is 0 Å². The lowest BCUT2D eigenvalue weighted by atomic mass is 10.3. The van der Waals surface area contributed by atoms with Crippen molar-refractivity contribution in [2.75, 3.05) is 18.1 Å². The molecule has 1 heterocycles. The Labute approximate surface area is 84.9 Å². The Kier molecular flexibility index (Phi) is 4.67. The second kappa shape index (κ2) is 5.55. The molecule has 0 aromatic heterocycles. The molecule has 1 aliphatic heterocycles. The number of hydrogen-bond acceptors (Lipinski definition) is 3. The summed E-state index contributed by atoms with van der Waals surface area (Å²) in [6.45, 7) is 5.27. The summed E-state index contributed by atoms with van der Waals surface area (Å²) in [4.78, 5) is 0. The molecule has 1 unspecified atom stereocenters. The predicted molar refractivity (Wildman–Crippen MR) is 58.8 cm³/mol. The van der Waals surface area contributed by atoms with E-state index in [1.165, 1.54) is 5.75 Å². The molecule has 3 heteroatoms. The van der Waals surface area contributed by atoms with Crippen molar-refractivity contribution < 1.29 is 4.74 Å². The van der Waals surface area contributed by atoms with Gasteiger partial charge in [-0.3, -0.25) is 0 Å². The first-order valence-electron chi connectivity index (χ1n) is 4.86. The fourth-order valence-electron chi connectivity index (χ4n) is 1.21. The molecule has 0 radical (unpaired) electrons. The van der Waals surface area contributed by atoms with Crippen LogP contribution in [0, 0.1) is 5.92 Å². The van der Waals surface area contributed by atoms with Crippen LogP contribution in [0.4, 0.5) is 0 Å². The Morgan fingerprint density at radius 3 is 2.85 bits per heavy atom. The van der Waals surface area contributed by atoms with E-state index in [1.807, 2.05) is 11.8 Å². The zero-order valence-electron chi connectivity index (χ0n) is 8.45. The van der Waals surface area contributed by atoms with Crippen molar-refractivity contribution in [2.24, 2.45) is 11.7 Å². The van der Waals surface area contributed by atoms with Gasteiger partial charge in [-0.25, -0.2) is 0 Å². The summed E-state index contributed by atoms with van der Waals surface area (Å²) in [6, 6.07) is 0.103. The van der Waals surface area contributed by atoms with Crippen LogP contribution in [-0.2, 0) is 4.74 Å². The molecule has 0 bridgehead atoms. The van der Waals surface area contributed by atoms with Crippen LogP contribution in [-0.4, -0.2) is 24.2 Å². The number of ether oxygens (including phenoxy) is 1. The first kappa shape index (κ1) is 10.9. The quantitative estimate of drug-likeness (QED) is 0.739. The second-order valence-electron chi connectivity index (χ2n) is 3.78. The minimum atomic E-state index is 0.103. The molecule has 1 rings (SSSR count). The number of rotatable bonds is 5. The molecule has 0 aromatic rings. The van der Waals surface area contributed by atoms with Crippen LogP contribution in [0.25, 0.3) is 0 Å². The van der Waals surface area contributed by atoms with E-state index in [9.17, 15) is 0 Å². The molecule has 0 saturated heterocycles. The van der Waals surface area contributed by atoms with Gasteiger partial charge in [-0.1, -0.05) is 13.8 Å². The van der Waals surface area contributed by atoms with Gasteiger partial charge in [-0.15, -0.1) is 0 Å². The lowest BCUT2D eigenvalue weighted by Gasteiger charge is -2.13. The summed E-state index contributed by atoms with van der Waals surface area (Å²) in [5.41, 5.74) is 5.95. The molecule has 2 N–H and O–H groups in total. The van der Waals surface area contributed by atoms with E-state index in [0.717, 1.165) is 30.5 Å². The van der Waals surface area contributed by atoms with Crippen molar-refractivity contribution >= 4 is 11.8 Å². The summed E-state index contributed by atoms with van der Waals surface area (Å²) in [5, 5.41) is 0. The molecule has 0 spiro atoms.